The molecule has 0 atom stereocenters. The minimum absolute atomic E-state index is 1.05. The number of para-hydroxylation sites is 1. The maximum atomic E-state index is 3.51. The van der Waals surface area contributed by atoms with Crippen molar-refractivity contribution in [3.8, 4) is 11.1 Å². The molecule has 1 aromatic heterocycles. The summed E-state index contributed by atoms with van der Waals surface area (Å²) in [6.07, 6.45) is 5.42. The fourth-order valence-electron chi connectivity index (χ4n) is 2.44. The van der Waals surface area contributed by atoms with Crippen LogP contribution >= 0.6 is 0 Å². The molecule has 3 aromatic rings. The summed E-state index contributed by atoms with van der Waals surface area (Å²) >= 11 is 0. The molecule has 0 aliphatic carbocycles. The van der Waals surface area contributed by atoms with E-state index in [1.807, 2.05) is 0 Å². The van der Waals surface area contributed by atoms with E-state index in [9.17, 15) is 0 Å². The van der Waals surface area contributed by atoms with E-state index in [0.717, 1.165) is 6.42 Å². The van der Waals surface area contributed by atoms with Gasteiger partial charge in [0.25, 0.3) is 0 Å². The average Bonchev–Trinajstić information content (AvgIpc) is 2.84. The van der Waals surface area contributed by atoms with E-state index >= 15 is 0 Å². The maximum Gasteiger partial charge on any atom is 0.0467 e. The van der Waals surface area contributed by atoms with Gasteiger partial charge in [-0.05, 0) is 24.1 Å². The Hall–Kier alpha value is -2.28. The monoisotopic (exact) mass is 247 g/mol. The van der Waals surface area contributed by atoms with Gasteiger partial charge in [-0.3, -0.25) is 0 Å². The number of fused-ring (bicyclic) bond motifs is 1. The molecule has 19 heavy (non-hydrogen) atoms. The lowest BCUT2D eigenvalue weighted by Crippen LogP contribution is -1.79. The summed E-state index contributed by atoms with van der Waals surface area (Å²) < 4.78 is 0. The molecule has 0 saturated heterocycles. The lowest BCUT2D eigenvalue weighted by Gasteiger charge is -2.01. The summed E-state index contributed by atoms with van der Waals surface area (Å²) in [5.41, 5.74) is 4.93. The van der Waals surface area contributed by atoms with Crippen LogP contribution in [0.2, 0.25) is 0 Å². The highest BCUT2D eigenvalue weighted by atomic mass is 14.7. The Morgan fingerprint density at radius 3 is 2.47 bits per heavy atom. The van der Waals surface area contributed by atoms with Crippen LogP contribution in [0.1, 0.15) is 19.0 Å². The topological polar surface area (TPSA) is 15.8 Å². The zero-order chi connectivity index (χ0) is 13.1. The van der Waals surface area contributed by atoms with Crippen molar-refractivity contribution in [1.29, 1.82) is 0 Å². The van der Waals surface area contributed by atoms with Gasteiger partial charge in [-0.25, -0.2) is 0 Å². The van der Waals surface area contributed by atoms with Crippen molar-refractivity contribution < 1.29 is 0 Å². The molecule has 0 spiro atoms. The van der Waals surface area contributed by atoms with Gasteiger partial charge in [-0.1, -0.05) is 61.5 Å². The SMILES string of the molecule is CC/C=C\c1[nH]c2ccccc2c1-c1ccccc1. The fraction of sp³-hybridized carbons (Fsp3) is 0.111. The predicted molar refractivity (Wildman–Crippen MR) is 83.1 cm³/mol. The van der Waals surface area contributed by atoms with Crippen molar-refractivity contribution in [3.63, 3.8) is 0 Å². The smallest absolute Gasteiger partial charge is 0.0467 e. The standard InChI is InChI=1S/C18H17N/c1-2-3-12-17-18(14-9-5-4-6-10-14)15-11-7-8-13-16(15)19-17/h3-13,19H,2H2,1H3/b12-3-. The van der Waals surface area contributed by atoms with Crippen molar-refractivity contribution >= 4 is 17.0 Å². The van der Waals surface area contributed by atoms with Gasteiger partial charge in [0.15, 0.2) is 0 Å². The Bertz CT molecular complexity index is 705. The number of rotatable bonds is 3. The second kappa shape index (κ2) is 5.15. The lowest BCUT2D eigenvalue weighted by atomic mass is 10.0. The van der Waals surface area contributed by atoms with Crippen molar-refractivity contribution in [3.05, 3.63) is 66.4 Å². The van der Waals surface area contributed by atoms with Gasteiger partial charge in [0, 0.05) is 22.2 Å². The highest BCUT2D eigenvalue weighted by Crippen LogP contribution is 2.33. The number of hydrogen-bond acceptors (Lipinski definition) is 0. The van der Waals surface area contributed by atoms with Gasteiger partial charge < -0.3 is 4.98 Å². The second-order valence-electron chi connectivity index (χ2n) is 4.64. The van der Waals surface area contributed by atoms with Gasteiger partial charge in [0.1, 0.15) is 0 Å². The van der Waals surface area contributed by atoms with Crippen LogP contribution in [0.3, 0.4) is 0 Å². The summed E-state index contributed by atoms with van der Waals surface area (Å²) in [6.45, 7) is 2.15. The third-order valence-electron chi connectivity index (χ3n) is 3.32. The van der Waals surface area contributed by atoms with E-state index in [1.165, 1.54) is 27.7 Å². The number of benzene rings is 2. The Balaban J connectivity index is 2.27. The summed E-state index contributed by atoms with van der Waals surface area (Å²) in [7, 11) is 0. The molecule has 0 aliphatic heterocycles. The van der Waals surface area contributed by atoms with Gasteiger partial charge in [0.2, 0.25) is 0 Å². The average molecular weight is 247 g/mol. The van der Waals surface area contributed by atoms with E-state index < -0.39 is 0 Å². The first kappa shape index (κ1) is 11.8. The molecular weight excluding hydrogens is 230 g/mol. The fourth-order valence-corrected chi connectivity index (χ4v) is 2.44. The number of hydrogen-bond donors (Lipinski definition) is 1. The first-order chi connectivity index (χ1) is 9.40. The lowest BCUT2D eigenvalue weighted by molar-refractivity contribution is 1.23. The van der Waals surface area contributed by atoms with Crippen LogP contribution in [0.5, 0.6) is 0 Å². The van der Waals surface area contributed by atoms with Gasteiger partial charge >= 0.3 is 0 Å². The predicted octanol–water partition coefficient (Wildman–Crippen LogP) is 5.26. The molecule has 0 saturated carbocycles. The molecule has 94 valence electrons. The molecule has 0 bridgehead atoms. The van der Waals surface area contributed by atoms with Crippen molar-refractivity contribution in [2.24, 2.45) is 0 Å². The summed E-state index contributed by atoms with van der Waals surface area (Å²) in [4.78, 5) is 3.51. The third kappa shape index (κ3) is 2.19. The maximum absolute atomic E-state index is 3.51. The first-order valence-electron chi connectivity index (χ1n) is 6.73. The van der Waals surface area contributed by atoms with Gasteiger partial charge in [-0.15, -0.1) is 0 Å². The van der Waals surface area contributed by atoms with E-state index in [0.29, 0.717) is 0 Å². The number of nitrogens with one attached hydrogen (secondary N) is 1. The molecule has 1 nitrogen and oxygen atoms in total. The zero-order valence-electron chi connectivity index (χ0n) is 11.1. The van der Waals surface area contributed by atoms with Crippen LogP contribution in [0.25, 0.3) is 28.1 Å². The first-order valence-corrected chi connectivity index (χ1v) is 6.73. The van der Waals surface area contributed by atoms with E-state index in [1.54, 1.807) is 0 Å². The van der Waals surface area contributed by atoms with Crippen LogP contribution in [0, 0.1) is 0 Å². The highest BCUT2D eigenvalue weighted by Gasteiger charge is 2.10. The Labute approximate surface area is 113 Å². The molecule has 2 aromatic carbocycles. The highest BCUT2D eigenvalue weighted by molar-refractivity contribution is 6.00. The van der Waals surface area contributed by atoms with Crippen LogP contribution in [0.4, 0.5) is 0 Å². The van der Waals surface area contributed by atoms with Crippen molar-refractivity contribution in [1.82, 2.24) is 4.98 Å². The minimum atomic E-state index is 1.05. The Morgan fingerprint density at radius 1 is 0.947 bits per heavy atom. The quantitative estimate of drug-likeness (QED) is 0.650. The second-order valence-corrected chi connectivity index (χ2v) is 4.64. The van der Waals surface area contributed by atoms with Gasteiger partial charge in [-0.2, -0.15) is 0 Å². The van der Waals surface area contributed by atoms with Crippen LogP contribution in [-0.4, -0.2) is 4.98 Å². The van der Waals surface area contributed by atoms with Crippen molar-refractivity contribution in [2.75, 3.05) is 0 Å². The molecule has 3 rings (SSSR count). The van der Waals surface area contributed by atoms with Gasteiger partial charge in [0.05, 0.1) is 0 Å². The molecule has 0 aliphatic rings. The molecular formula is C18H17N. The molecule has 1 heterocycles. The summed E-state index contributed by atoms with van der Waals surface area (Å²) in [6, 6.07) is 19.0. The van der Waals surface area contributed by atoms with Crippen molar-refractivity contribution in [2.45, 2.75) is 13.3 Å². The number of aromatic nitrogens is 1. The molecule has 0 fully saturated rings. The summed E-state index contributed by atoms with van der Waals surface area (Å²) in [5, 5.41) is 1.28. The minimum Gasteiger partial charge on any atom is -0.355 e. The number of H-pyrrole nitrogens is 1. The Kier molecular flexibility index (Phi) is 3.20. The van der Waals surface area contributed by atoms with Crippen LogP contribution < -0.4 is 0 Å². The zero-order valence-corrected chi connectivity index (χ0v) is 11.1. The molecule has 0 radical (unpaired) electrons. The number of allylic oxidation sites excluding steroid dienone is 1. The molecule has 1 heteroatoms. The van der Waals surface area contributed by atoms with Crippen LogP contribution in [0.15, 0.2) is 60.7 Å². The number of aromatic amines is 1. The third-order valence-corrected chi connectivity index (χ3v) is 3.32. The Morgan fingerprint density at radius 2 is 1.68 bits per heavy atom. The summed E-state index contributed by atoms with van der Waals surface area (Å²) in [5.74, 6) is 0. The van der Waals surface area contributed by atoms with E-state index in [2.05, 4.69) is 78.7 Å². The van der Waals surface area contributed by atoms with E-state index in [-0.39, 0.29) is 0 Å². The van der Waals surface area contributed by atoms with E-state index in [4.69, 9.17) is 0 Å². The van der Waals surface area contributed by atoms with Crippen LogP contribution in [-0.2, 0) is 0 Å². The molecule has 0 amide bonds. The molecule has 0 unspecified atom stereocenters. The normalized spacial score (nSPS) is 11.4. The largest absolute Gasteiger partial charge is 0.355 e. The molecule has 1 N–H and O–H groups in total.